The minimum absolute atomic E-state index is 0.0437. The van der Waals surface area contributed by atoms with Gasteiger partial charge >= 0.3 is 4.87 Å². The van der Waals surface area contributed by atoms with E-state index in [9.17, 15) is 9.59 Å². The van der Waals surface area contributed by atoms with Gasteiger partial charge in [-0.25, -0.2) is 4.98 Å². The molecular formula is C18H12N2O2S2. The second-order valence-electron chi connectivity index (χ2n) is 5.24. The normalized spacial score (nSPS) is 11.2. The van der Waals surface area contributed by atoms with Crippen molar-refractivity contribution in [3.63, 3.8) is 0 Å². The van der Waals surface area contributed by atoms with Gasteiger partial charge in [0.2, 0.25) is 5.12 Å². The van der Waals surface area contributed by atoms with Crippen LogP contribution in [0.15, 0.2) is 70.5 Å². The second kappa shape index (κ2) is 6.22. The Kier molecular flexibility index (Phi) is 3.92. The molecule has 2 aromatic carbocycles. The highest BCUT2D eigenvalue weighted by Crippen LogP contribution is 2.22. The molecule has 0 bridgehead atoms. The van der Waals surface area contributed by atoms with E-state index in [4.69, 9.17) is 0 Å². The van der Waals surface area contributed by atoms with Gasteiger partial charge in [0.15, 0.2) is 0 Å². The standard InChI is InChI=1S/C18H12N2O2S2/c21-17(11-20-14-7-3-4-8-15(14)23-18(20)22)24-16-10-9-12-5-1-2-6-13(12)19-16/h1-10H,11H2. The Labute approximate surface area is 145 Å². The molecule has 6 heteroatoms. The molecule has 0 saturated carbocycles. The smallest absolute Gasteiger partial charge is 0.290 e. The van der Waals surface area contributed by atoms with Crippen molar-refractivity contribution < 1.29 is 4.79 Å². The van der Waals surface area contributed by atoms with Crippen molar-refractivity contribution in [3.8, 4) is 0 Å². The average Bonchev–Trinajstić information content (AvgIpc) is 2.90. The van der Waals surface area contributed by atoms with Crippen LogP contribution in [0.3, 0.4) is 0 Å². The van der Waals surface area contributed by atoms with Crippen LogP contribution in [0.25, 0.3) is 21.1 Å². The number of nitrogens with zero attached hydrogens (tertiary/aromatic N) is 2. The van der Waals surface area contributed by atoms with Crippen LogP contribution in [0.5, 0.6) is 0 Å². The van der Waals surface area contributed by atoms with Crippen LogP contribution in [0.4, 0.5) is 0 Å². The fourth-order valence-electron chi connectivity index (χ4n) is 2.55. The zero-order valence-electron chi connectivity index (χ0n) is 12.5. The Balaban J connectivity index is 1.59. The summed E-state index contributed by atoms with van der Waals surface area (Å²) in [5.41, 5.74) is 1.65. The van der Waals surface area contributed by atoms with E-state index in [0.29, 0.717) is 5.03 Å². The van der Waals surface area contributed by atoms with Gasteiger partial charge < -0.3 is 0 Å². The molecule has 0 fully saturated rings. The molecule has 0 radical (unpaired) electrons. The molecule has 4 nitrogen and oxygen atoms in total. The molecule has 0 aliphatic rings. The van der Waals surface area contributed by atoms with Crippen molar-refractivity contribution in [2.24, 2.45) is 0 Å². The summed E-state index contributed by atoms with van der Waals surface area (Å²) >= 11 is 2.23. The van der Waals surface area contributed by atoms with Gasteiger partial charge in [-0.05, 0) is 36.0 Å². The predicted molar refractivity (Wildman–Crippen MR) is 98.7 cm³/mol. The molecule has 0 saturated heterocycles. The van der Waals surface area contributed by atoms with Crippen LogP contribution in [0.2, 0.25) is 0 Å². The molecule has 4 rings (SSSR count). The van der Waals surface area contributed by atoms with E-state index in [-0.39, 0.29) is 16.5 Å². The maximum absolute atomic E-state index is 12.4. The van der Waals surface area contributed by atoms with Gasteiger partial charge in [0.1, 0.15) is 5.03 Å². The minimum Gasteiger partial charge on any atom is -0.290 e. The number of carbonyl (C=O) groups excluding carboxylic acids is 1. The summed E-state index contributed by atoms with van der Waals surface area (Å²) in [6.07, 6.45) is 0. The number of thiazole rings is 1. The maximum Gasteiger partial charge on any atom is 0.308 e. The molecule has 0 amide bonds. The Bertz CT molecular complexity index is 1110. The van der Waals surface area contributed by atoms with Gasteiger partial charge in [-0.15, -0.1) is 0 Å². The van der Waals surface area contributed by atoms with Crippen LogP contribution in [0, 0.1) is 0 Å². The molecule has 0 spiro atoms. The van der Waals surface area contributed by atoms with E-state index < -0.39 is 0 Å². The average molecular weight is 352 g/mol. The van der Waals surface area contributed by atoms with Crippen LogP contribution >= 0.6 is 23.1 Å². The van der Waals surface area contributed by atoms with Crippen LogP contribution in [0.1, 0.15) is 0 Å². The highest BCUT2D eigenvalue weighted by Gasteiger charge is 2.13. The highest BCUT2D eigenvalue weighted by molar-refractivity contribution is 8.13. The number of fused-ring (bicyclic) bond motifs is 2. The molecule has 0 aliphatic carbocycles. The summed E-state index contributed by atoms with van der Waals surface area (Å²) < 4.78 is 2.42. The largest absolute Gasteiger partial charge is 0.308 e. The van der Waals surface area contributed by atoms with Gasteiger partial charge in [0.05, 0.1) is 22.3 Å². The number of hydrogen-bond acceptors (Lipinski definition) is 5. The second-order valence-corrected chi connectivity index (χ2v) is 7.31. The topological polar surface area (TPSA) is 52.0 Å². The van der Waals surface area contributed by atoms with Crippen molar-refractivity contribution in [2.45, 2.75) is 11.6 Å². The number of benzene rings is 2. The van der Waals surface area contributed by atoms with E-state index in [1.165, 1.54) is 4.57 Å². The number of para-hydroxylation sites is 2. The third-order valence-corrected chi connectivity index (χ3v) is 5.41. The van der Waals surface area contributed by atoms with Crippen LogP contribution in [-0.2, 0) is 11.3 Å². The Morgan fingerprint density at radius 3 is 2.75 bits per heavy atom. The lowest BCUT2D eigenvalue weighted by Crippen LogP contribution is -2.17. The molecule has 2 aromatic heterocycles. The number of rotatable bonds is 3. The third kappa shape index (κ3) is 2.86. The van der Waals surface area contributed by atoms with E-state index in [1.54, 1.807) is 0 Å². The fourth-order valence-corrected chi connectivity index (χ4v) is 4.14. The number of hydrogen-bond donors (Lipinski definition) is 0. The maximum atomic E-state index is 12.4. The summed E-state index contributed by atoms with van der Waals surface area (Å²) in [5, 5.41) is 1.57. The molecule has 2 heterocycles. The van der Waals surface area contributed by atoms with Crippen LogP contribution in [-0.4, -0.2) is 14.7 Å². The van der Waals surface area contributed by atoms with Gasteiger partial charge in [-0.1, -0.05) is 47.7 Å². The zero-order valence-corrected chi connectivity index (χ0v) is 14.1. The summed E-state index contributed by atoms with van der Waals surface area (Å²) in [6.45, 7) is 0.0437. The first kappa shape index (κ1) is 15.1. The van der Waals surface area contributed by atoms with E-state index in [0.717, 1.165) is 44.2 Å². The molecule has 118 valence electrons. The van der Waals surface area contributed by atoms with E-state index in [1.807, 2.05) is 60.7 Å². The molecular weight excluding hydrogens is 340 g/mol. The molecule has 0 atom stereocenters. The van der Waals surface area contributed by atoms with E-state index in [2.05, 4.69) is 4.98 Å². The van der Waals surface area contributed by atoms with Gasteiger partial charge in [-0.2, -0.15) is 0 Å². The quantitative estimate of drug-likeness (QED) is 0.524. The first-order chi connectivity index (χ1) is 11.7. The molecule has 24 heavy (non-hydrogen) atoms. The third-order valence-electron chi connectivity index (χ3n) is 3.65. The predicted octanol–water partition coefficient (Wildman–Crippen LogP) is 3.93. The molecule has 0 N–H and O–H groups in total. The monoisotopic (exact) mass is 352 g/mol. The Morgan fingerprint density at radius 1 is 1.04 bits per heavy atom. The zero-order chi connectivity index (χ0) is 16.5. The SMILES string of the molecule is O=C(Cn1c(=O)sc2ccccc21)Sc1ccc2ccccc2n1. The minimum atomic E-state index is -0.114. The number of thioether (sulfide) groups is 1. The van der Waals surface area contributed by atoms with Crippen molar-refractivity contribution in [3.05, 3.63) is 70.3 Å². The Hall–Kier alpha value is -2.44. The molecule has 0 unspecified atom stereocenters. The van der Waals surface area contributed by atoms with Crippen molar-refractivity contribution >= 4 is 49.3 Å². The van der Waals surface area contributed by atoms with Crippen molar-refractivity contribution in [1.29, 1.82) is 0 Å². The highest BCUT2D eigenvalue weighted by atomic mass is 32.2. The van der Waals surface area contributed by atoms with Crippen molar-refractivity contribution in [1.82, 2.24) is 9.55 Å². The van der Waals surface area contributed by atoms with E-state index >= 15 is 0 Å². The van der Waals surface area contributed by atoms with Gasteiger partial charge in [0, 0.05) is 5.39 Å². The van der Waals surface area contributed by atoms with Gasteiger partial charge in [-0.3, -0.25) is 14.2 Å². The number of pyridine rings is 1. The first-order valence-electron chi connectivity index (χ1n) is 7.35. The lowest BCUT2D eigenvalue weighted by Gasteiger charge is -2.04. The van der Waals surface area contributed by atoms with Crippen LogP contribution < -0.4 is 4.87 Å². The Morgan fingerprint density at radius 2 is 1.83 bits per heavy atom. The first-order valence-corrected chi connectivity index (χ1v) is 8.99. The summed E-state index contributed by atoms with van der Waals surface area (Å²) in [6, 6.07) is 19.1. The summed E-state index contributed by atoms with van der Waals surface area (Å²) in [4.78, 5) is 28.9. The molecule has 4 aromatic rings. The van der Waals surface area contributed by atoms with Gasteiger partial charge in [0.25, 0.3) is 0 Å². The lowest BCUT2D eigenvalue weighted by molar-refractivity contribution is -0.111. The summed E-state index contributed by atoms with van der Waals surface area (Å²) in [5.74, 6) is 0. The lowest BCUT2D eigenvalue weighted by atomic mass is 10.2. The van der Waals surface area contributed by atoms with Crippen molar-refractivity contribution in [2.75, 3.05) is 0 Å². The summed E-state index contributed by atoms with van der Waals surface area (Å²) in [7, 11) is 0. The fraction of sp³-hybridized carbons (Fsp3) is 0.0556. The number of aromatic nitrogens is 2. The number of carbonyl (C=O) groups is 1. The molecule has 0 aliphatic heterocycles.